The van der Waals surface area contributed by atoms with Gasteiger partial charge in [0, 0.05) is 9.50 Å². The van der Waals surface area contributed by atoms with E-state index < -0.39 is 5.97 Å². The van der Waals surface area contributed by atoms with E-state index in [-0.39, 0.29) is 17.4 Å². The third-order valence-electron chi connectivity index (χ3n) is 3.34. The summed E-state index contributed by atoms with van der Waals surface area (Å²) in [4.78, 5) is 12.0. The van der Waals surface area contributed by atoms with Crippen molar-refractivity contribution in [1.29, 1.82) is 0 Å². The number of ether oxygens (including phenoxy) is 2. The van der Waals surface area contributed by atoms with E-state index in [1.54, 1.807) is 12.1 Å². The third-order valence-corrected chi connectivity index (χ3v) is 5.19. The van der Waals surface area contributed by atoms with Crippen LogP contribution in [0.25, 0.3) is 10.8 Å². The van der Waals surface area contributed by atoms with Gasteiger partial charge in [0.05, 0.1) is 9.50 Å². The second kappa shape index (κ2) is 7.96. The first-order valence-corrected chi connectivity index (χ1v) is 9.44. The number of rotatable bonds is 4. The second-order valence-corrected chi connectivity index (χ2v) is 7.63. The van der Waals surface area contributed by atoms with Gasteiger partial charge in [-0.25, -0.2) is 4.79 Å². The third kappa shape index (κ3) is 4.47. The molecule has 3 nitrogen and oxygen atoms in total. The summed E-state index contributed by atoms with van der Waals surface area (Å²) in [7, 11) is 0. The Morgan fingerprint density at radius 1 is 0.960 bits per heavy atom. The molecule has 0 heterocycles. The summed E-state index contributed by atoms with van der Waals surface area (Å²) in [6.07, 6.45) is 0. The van der Waals surface area contributed by atoms with Crippen LogP contribution in [0.1, 0.15) is 0 Å². The Kier molecular flexibility index (Phi) is 5.89. The first-order chi connectivity index (χ1) is 11.9. The van der Waals surface area contributed by atoms with Gasteiger partial charge in [-0.15, -0.1) is 0 Å². The van der Waals surface area contributed by atoms with Crippen LogP contribution >= 0.6 is 55.1 Å². The molecule has 0 unspecified atom stereocenters. The topological polar surface area (TPSA) is 35.5 Å². The smallest absolute Gasteiger partial charge is 0.349 e. The molecule has 0 N–H and O–H groups in total. The first kappa shape index (κ1) is 18.5. The number of carbonyl (C=O) groups excluding carboxylic acids is 1. The zero-order chi connectivity index (χ0) is 18.0. The summed E-state index contributed by atoms with van der Waals surface area (Å²) >= 11 is 18.7. The van der Waals surface area contributed by atoms with E-state index in [1.165, 1.54) is 12.1 Å². The Hall–Kier alpha value is -1.27. The summed E-state index contributed by atoms with van der Waals surface area (Å²) in [6.45, 7) is -0.250. The Bertz CT molecular complexity index is 960. The van der Waals surface area contributed by atoms with E-state index in [4.69, 9.17) is 32.7 Å². The lowest BCUT2D eigenvalue weighted by Crippen LogP contribution is -2.18. The molecule has 0 saturated carbocycles. The van der Waals surface area contributed by atoms with Crippen molar-refractivity contribution in [2.75, 3.05) is 6.61 Å². The molecular formula is C18H10Br2Cl2O3. The minimum atomic E-state index is -0.563. The SMILES string of the molecule is O=C(COc1ccc2cc(Br)ccc2c1Br)Oc1ccc(Cl)cc1Cl. The largest absolute Gasteiger partial charge is 0.481 e. The van der Waals surface area contributed by atoms with E-state index in [0.29, 0.717) is 10.8 Å². The van der Waals surface area contributed by atoms with Crippen molar-refractivity contribution in [2.24, 2.45) is 0 Å². The number of esters is 1. The van der Waals surface area contributed by atoms with Crippen LogP contribution < -0.4 is 9.47 Å². The predicted octanol–water partition coefficient (Wildman–Crippen LogP) is 6.66. The number of halogens is 4. The molecule has 3 aromatic carbocycles. The van der Waals surface area contributed by atoms with Crippen LogP contribution in [0.3, 0.4) is 0 Å². The maximum atomic E-state index is 12.0. The fraction of sp³-hybridized carbons (Fsp3) is 0.0556. The van der Waals surface area contributed by atoms with Crippen LogP contribution in [0.5, 0.6) is 11.5 Å². The summed E-state index contributed by atoms with van der Waals surface area (Å²) < 4.78 is 12.5. The molecule has 0 radical (unpaired) electrons. The molecule has 0 aromatic heterocycles. The van der Waals surface area contributed by atoms with Crippen LogP contribution in [0.2, 0.25) is 10.0 Å². The lowest BCUT2D eigenvalue weighted by molar-refractivity contribution is -0.136. The van der Waals surface area contributed by atoms with E-state index in [0.717, 1.165) is 19.7 Å². The van der Waals surface area contributed by atoms with Crippen molar-refractivity contribution >= 4 is 71.8 Å². The Balaban J connectivity index is 1.70. The molecule has 0 spiro atoms. The second-order valence-electron chi connectivity index (χ2n) is 5.08. The fourth-order valence-corrected chi connectivity index (χ4v) is 3.63. The number of hydrogen-bond acceptors (Lipinski definition) is 3. The molecule has 3 aromatic rings. The van der Waals surface area contributed by atoms with Gasteiger partial charge in [0.25, 0.3) is 0 Å². The van der Waals surface area contributed by atoms with Gasteiger partial charge in [0.2, 0.25) is 0 Å². The number of carbonyl (C=O) groups is 1. The molecule has 0 bridgehead atoms. The zero-order valence-corrected chi connectivity index (χ0v) is 17.2. The van der Waals surface area contributed by atoms with Crippen molar-refractivity contribution in [3.05, 3.63) is 67.5 Å². The quantitative estimate of drug-likeness (QED) is 0.294. The number of hydrogen-bond donors (Lipinski definition) is 0. The monoisotopic (exact) mass is 502 g/mol. The molecular weight excluding hydrogens is 495 g/mol. The maximum Gasteiger partial charge on any atom is 0.349 e. The fourth-order valence-electron chi connectivity index (χ4n) is 2.20. The molecule has 7 heteroatoms. The van der Waals surface area contributed by atoms with Crippen LogP contribution in [0.4, 0.5) is 0 Å². The predicted molar refractivity (Wildman–Crippen MR) is 107 cm³/mol. The first-order valence-electron chi connectivity index (χ1n) is 7.10. The molecule has 0 atom stereocenters. The zero-order valence-electron chi connectivity index (χ0n) is 12.6. The summed E-state index contributed by atoms with van der Waals surface area (Å²) in [5.41, 5.74) is 0. The average molecular weight is 505 g/mol. The highest BCUT2D eigenvalue weighted by Crippen LogP contribution is 2.34. The van der Waals surface area contributed by atoms with Crippen molar-refractivity contribution in [3.63, 3.8) is 0 Å². The van der Waals surface area contributed by atoms with Crippen molar-refractivity contribution in [1.82, 2.24) is 0 Å². The van der Waals surface area contributed by atoms with Crippen molar-refractivity contribution in [2.45, 2.75) is 0 Å². The molecule has 0 fully saturated rings. The highest BCUT2D eigenvalue weighted by atomic mass is 79.9. The summed E-state index contributed by atoms with van der Waals surface area (Å²) in [5.74, 6) is 0.225. The normalized spacial score (nSPS) is 10.7. The standard InChI is InChI=1S/C18H10Br2Cl2O3/c19-11-2-4-13-10(7-11)1-5-16(18(13)20)24-9-17(23)25-15-6-3-12(21)8-14(15)22/h1-8H,9H2. The molecule has 0 aliphatic heterocycles. The molecule has 25 heavy (non-hydrogen) atoms. The van der Waals surface area contributed by atoms with Crippen molar-refractivity contribution in [3.8, 4) is 11.5 Å². The molecule has 3 rings (SSSR count). The average Bonchev–Trinajstić information content (AvgIpc) is 2.57. The highest BCUT2D eigenvalue weighted by Gasteiger charge is 2.12. The Morgan fingerprint density at radius 2 is 1.72 bits per heavy atom. The molecule has 0 saturated heterocycles. The molecule has 128 valence electrons. The van der Waals surface area contributed by atoms with Gasteiger partial charge in [-0.2, -0.15) is 0 Å². The Morgan fingerprint density at radius 3 is 2.48 bits per heavy atom. The van der Waals surface area contributed by atoms with Crippen molar-refractivity contribution < 1.29 is 14.3 Å². The van der Waals surface area contributed by atoms with Gasteiger partial charge < -0.3 is 9.47 Å². The summed E-state index contributed by atoms with van der Waals surface area (Å²) in [6, 6.07) is 14.2. The molecule has 0 amide bonds. The van der Waals surface area contributed by atoms with E-state index >= 15 is 0 Å². The van der Waals surface area contributed by atoms with Crippen LogP contribution in [-0.2, 0) is 4.79 Å². The van der Waals surface area contributed by atoms with Gasteiger partial charge in [0.15, 0.2) is 6.61 Å². The van der Waals surface area contributed by atoms with Gasteiger partial charge in [-0.3, -0.25) is 0 Å². The minimum absolute atomic E-state index is 0.238. The maximum absolute atomic E-state index is 12.0. The highest BCUT2D eigenvalue weighted by molar-refractivity contribution is 9.11. The van der Waals surface area contributed by atoms with E-state index in [9.17, 15) is 4.79 Å². The molecule has 0 aliphatic rings. The lowest BCUT2D eigenvalue weighted by atomic mass is 10.1. The van der Waals surface area contributed by atoms with E-state index in [2.05, 4.69) is 31.9 Å². The van der Waals surface area contributed by atoms with Gasteiger partial charge in [-0.05, 0) is 63.1 Å². The summed E-state index contributed by atoms with van der Waals surface area (Å²) in [5, 5.41) is 2.75. The van der Waals surface area contributed by atoms with Gasteiger partial charge >= 0.3 is 5.97 Å². The number of benzene rings is 3. The van der Waals surface area contributed by atoms with E-state index in [1.807, 2.05) is 24.3 Å². The minimum Gasteiger partial charge on any atom is -0.481 e. The van der Waals surface area contributed by atoms with Gasteiger partial charge in [0.1, 0.15) is 11.5 Å². The van der Waals surface area contributed by atoms with Crippen LogP contribution in [0.15, 0.2) is 57.5 Å². The molecule has 0 aliphatic carbocycles. The van der Waals surface area contributed by atoms with Crippen LogP contribution in [-0.4, -0.2) is 12.6 Å². The van der Waals surface area contributed by atoms with Gasteiger partial charge in [-0.1, -0.05) is 51.3 Å². The van der Waals surface area contributed by atoms with Crippen LogP contribution in [0, 0.1) is 0 Å². The number of fused-ring (bicyclic) bond motifs is 1. The lowest BCUT2D eigenvalue weighted by Gasteiger charge is -2.11. The Labute approximate surface area is 171 Å².